The van der Waals surface area contributed by atoms with Crippen LogP contribution in [0, 0.1) is 6.92 Å². The third-order valence-electron chi connectivity index (χ3n) is 3.26. The summed E-state index contributed by atoms with van der Waals surface area (Å²) in [6, 6.07) is 18.3. The molecule has 0 bridgehead atoms. The molecule has 1 amide bonds. The number of nitrogens with zero attached hydrogens (tertiary/aromatic N) is 2. The number of hydrogen-bond acceptors (Lipinski definition) is 3. The average molecular weight is 292 g/mol. The lowest BCUT2D eigenvalue weighted by Gasteiger charge is -2.07. The maximum Gasteiger partial charge on any atom is 0.255 e. The topological polar surface area (TPSA) is 72.9 Å². The molecule has 1 aromatic heterocycles. The maximum atomic E-state index is 12.1. The van der Waals surface area contributed by atoms with Crippen molar-refractivity contribution in [2.24, 2.45) is 0 Å². The van der Waals surface area contributed by atoms with Crippen molar-refractivity contribution in [2.75, 3.05) is 11.1 Å². The van der Waals surface area contributed by atoms with Gasteiger partial charge in [0.1, 0.15) is 5.82 Å². The second-order valence-corrected chi connectivity index (χ2v) is 4.99. The zero-order valence-corrected chi connectivity index (χ0v) is 12.2. The van der Waals surface area contributed by atoms with E-state index in [2.05, 4.69) is 10.4 Å². The molecule has 3 rings (SSSR count). The van der Waals surface area contributed by atoms with Crippen molar-refractivity contribution in [3.8, 4) is 5.69 Å². The third-order valence-corrected chi connectivity index (χ3v) is 3.26. The number of nitrogens with one attached hydrogen (secondary N) is 1. The van der Waals surface area contributed by atoms with E-state index in [-0.39, 0.29) is 5.91 Å². The first-order chi connectivity index (χ1) is 10.6. The van der Waals surface area contributed by atoms with E-state index in [4.69, 9.17) is 5.73 Å². The summed E-state index contributed by atoms with van der Waals surface area (Å²) in [6.07, 6.45) is 0. The molecule has 0 fully saturated rings. The van der Waals surface area contributed by atoms with Gasteiger partial charge in [0.2, 0.25) is 0 Å². The number of benzene rings is 2. The van der Waals surface area contributed by atoms with Crippen LogP contribution >= 0.6 is 0 Å². The number of anilines is 2. The molecule has 0 saturated heterocycles. The molecule has 2 aromatic carbocycles. The zero-order valence-electron chi connectivity index (χ0n) is 12.2. The van der Waals surface area contributed by atoms with Crippen molar-refractivity contribution < 1.29 is 4.79 Å². The zero-order chi connectivity index (χ0) is 15.5. The van der Waals surface area contributed by atoms with Gasteiger partial charge >= 0.3 is 0 Å². The van der Waals surface area contributed by atoms with Gasteiger partial charge in [-0.3, -0.25) is 4.79 Å². The van der Waals surface area contributed by atoms with Gasteiger partial charge in [-0.25, -0.2) is 4.68 Å². The van der Waals surface area contributed by atoms with Crippen LogP contribution in [0.2, 0.25) is 0 Å². The highest BCUT2D eigenvalue weighted by Crippen LogP contribution is 2.17. The van der Waals surface area contributed by atoms with E-state index in [1.54, 1.807) is 16.8 Å². The smallest absolute Gasteiger partial charge is 0.255 e. The molecule has 22 heavy (non-hydrogen) atoms. The largest absolute Gasteiger partial charge is 0.384 e. The number of nitrogens with two attached hydrogens (primary N) is 1. The van der Waals surface area contributed by atoms with E-state index in [9.17, 15) is 4.79 Å². The second-order valence-electron chi connectivity index (χ2n) is 4.99. The summed E-state index contributed by atoms with van der Waals surface area (Å²) in [5.41, 5.74) is 8.96. The predicted octanol–water partition coefficient (Wildman–Crippen LogP) is 3.02. The van der Waals surface area contributed by atoms with E-state index in [0.717, 1.165) is 17.1 Å². The molecule has 0 aliphatic heterocycles. The number of carbonyl (C=O) groups excluding carboxylic acids is 1. The fourth-order valence-corrected chi connectivity index (χ4v) is 2.21. The first-order valence-electron chi connectivity index (χ1n) is 6.92. The van der Waals surface area contributed by atoms with Gasteiger partial charge in [0.15, 0.2) is 0 Å². The van der Waals surface area contributed by atoms with Crippen molar-refractivity contribution in [2.45, 2.75) is 6.92 Å². The number of carbonyl (C=O) groups is 1. The van der Waals surface area contributed by atoms with Gasteiger partial charge in [0, 0.05) is 17.3 Å². The molecule has 0 radical (unpaired) electrons. The molecule has 5 heteroatoms. The second kappa shape index (κ2) is 5.73. The number of aryl methyl sites for hydroxylation is 1. The lowest BCUT2D eigenvalue weighted by atomic mass is 10.2. The van der Waals surface area contributed by atoms with Crippen LogP contribution in [-0.2, 0) is 0 Å². The normalized spacial score (nSPS) is 10.4. The summed E-state index contributed by atoms with van der Waals surface area (Å²) in [7, 11) is 0. The number of hydrogen-bond donors (Lipinski definition) is 2. The number of aromatic nitrogens is 2. The van der Waals surface area contributed by atoms with Crippen LogP contribution in [0.4, 0.5) is 11.5 Å². The summed E-state index contributed by atoms with van der Waals surface area (Å²) in [5.74, 6) is 0.446. The summed E-state index contributed by atoms with van der Waals surface area (Å²) in [4.78, 5) is 12.1. The van der Waals surface area contributed by atoms with E-state index in [1.165, 1.54) is 0 Å². The van der Waals surface area contributed by atoms with Gasteiger partial charge in [-0.05, 0) is 43.3 Å². The fourth-order valence-electron chi connectivity index (χ4n) is 2.21. The van der Waals surface area contributed by atoms with Crippen LogP contribution in [0.15, 0.2) is 60.7 Å². The molecular weight excluding hydrogens is 276 g/mol. The minimum absolute atomic E-state index is 0.136. The van der Waals surface area contributed by atoms with Crippen molar-refractivity contribution >= 4 is 17.4 Å². The van der Waals surface area contributed by atoms with Gasteiger partial charge in [0.25, 0.3) is 5.91 Å². The third kappa shape index (κ3) is 2.83. The summed E-state index contributed by atoms with van der Waals surface area (Å²) < 4.78 is 1.66. The Morgan fingerprint density at radius 3 is 2.36 bits per heavy atom. The maximum absolute atomic E-state index is 12.1. The summed E-state index contributed by atoms with van der Waals surface area (Å²) in [5, 5.41) is 7.18. The first-order valence-corrected chi connectivity index (χ1v) is 6.92. The number of amides is 1. The first kappa shape index (κ1) is 13.9. The van der Waals surface area contributed by atoms with Crippen LogP contribution in [0.1, 0.15) is 16.1 Å². The summed E-state index contributed by atoms with van der Waals surface area (Å²) in [6.45, 7) is 1.89. The Hall–Kier alpha value is -3.08. The Balaban J connectivity index is 1.77. The lowest BCUT2D eigenvalue weighted by molar-refractivity contribution is 0.102. The van der Waals surface area contributed by atoms with Gasteiger partial charge in [-0.15, -0.1) is 0 Å². The van der Waals surface area contributed by atoms with E-state index in [0.29, 0.717) is 11.4 Å². The molecule has 0 spiro atoms. The van der Waals surface area contributed by atoms with Gasteiger partial charge < -0.3 is 11.1 Å². The molecular formula is C17H16N4O. The predicted molar refractivity (Wildman–Crippen MR) is 87.1 cm³/mol. The molecule has 1 heterocycles. The molecule has 110 valence electrons. The molecule has 0 saturated carbocycles. The van der Waals surface area contributed by atoms with Crippen molar-refractivity contribution in [1.82, 2.24) is 9.78 Å². The van der Waals surface area contributed by atoms with Gasteiger partial charge in [-0.1, -0.05) is 18.2 Å². The molecule has 0 unspecified atom stereocenters. The van der Waals surface area contributed by atoms with E-state index < -0.39 is 0 Å². The molecule has 0 aliphatic rings. The fraction of sp³-hybridized carbons (Fsp3) is 0.0588. The van der Waals surface area contributed by atoms with E-state index in [1.807, 2.05) is 55.5 Å². The number of nitrogen functional groups attached to an aromatic ring is 1. The quantitative estimate of drug-likeness (QED) is 0.779. The molecule has 5 nitrogen and oxygen atoms in total. The minimum Gasteiger partial charge on any atom is -0.384 e. The molecule has 0 atom stereocenters. The Bertz CT molecular complexity index is 791. The van der Waals surface area contributed by atoms with Crippen molar-refractivity contribution in [3.05, 3.63) is 71.9 Å². The van der Waals surface area contributed by atoms with Crippen LogP contribution < -0.4 is 11.1 Å². The molecule has 0 aliphatic carbocycles. The minimum atomic E-state index is -0.136. The Morgan fingerprint density at radius 2 is 1.77 bits per heavy atom. The molecule has 3 aromatic rings. The Morgan fingerprint density at radius 1 is 1.09 bits per heavy atom. The van der Waals surface area contributed by atoms with Crippen LogP contribution in [0.5, 0.6) is 0 Å². The number of rotatable bonds is 3. The monoisotopic (exact) mass is 292 g/mol. The van der Waals surface area contributed by atoms with Crippen LogP contribution in [0.3, 0.4) is 0 Å². The highest BCUT2D eigenvalue weighted by Gasteiger charge is 2.07. The van der Waals surface area contributed by atoms with E-state index >= 15 is 0 Å². The molecule has 3 N–H and O–H groups in total. The van der Waals surface area contributed by atoms with Crippen molar-refractivity contribution in [3.63, 3.8) is 0 Å². The van der Waals surface area contributed by atoms with Gasteiger partial charge in [-0.2, -0.15) is 5.10 Å². The SMILES string of the molecule is Cc1cc(N)n(-c2ccc(NC(=O)c3ccccc3)cc2)n1. The van der Waals surface area contributed by atoms with Crippen LogP contribution in [-0.4, -0.2) is 15.7 Å². The summed E-state index contributed by atoms with van der Waals surface area (Å²) >= 11 is 0. The average Bonchev–Trinajstić information content (AvgIpc) is 2.87. The van der Waals surface area contributed by atoms with Gasteiger partial charge in [0.05, 0.1) is 11.4 Å². The highest BCUT2D eigenvalue weighted by atomic mass is 16.1. The Kier molecular flexibility index (Phi) is 3.62. The lowest BCUT2D eigenvalue weighted by Crippen LogP contribution is -2.11. The van der Waals surface area contributed by atoms with Crippen molar-refractivity contribution in [1.29, 1.82) is 0 Å². The van der Waals surface area contributed by atoms with Crippen LogP contribution in [0.25, 0.3) is 5.69 Å². The standard InChI is InChI=1S/C17H16N4O/c1-12-11-16(18)21(20-12)15-9-7-14(8-10-15)19-17(22)13-5-3-2-4-6-13/h2-11H,18H2,1H3,(H,19,22). The highest BCUT2D eigenvalue weighted by molar-refractivity contribution is 6.04. The Labute approximate surface area is 128 Å².